The first kappa shape index (κ1) is 7.39. The van der Waals surface area contributed by atoms with Gasteiger partial charge in [0.05, 0.1) is 0 Å². The van der Waals surface area contributed by atoms with Crippen LogP contribution in [0.5, 0.6) is 0 Å². The van der Waals surface area contributed by atoms with Gasteiger partial charge < -0.3 is 10.9 Å². The highest BCUT2D eigenvalue weighted by Gasteiger charge is 2.22. The van der Waals surface area contributed by atoms with Gasteiger partial charge in [0.2, 0.25) is 5.91 Å². The van der Waals surface area contributed by atoms with Crippen molar-refractivity contribution in [3.8, 4) is 0 Å². The maximum atomic E-state index is 10.3. The van der Waals surface area contributed by atoms with E-state index >= 15 is 0 Å². The number of carbonyl (C=O) groups excluding carboxylic acids is 1. The van der Waals surface area contributed by atoms with Gasteiger partial charge in [0.25, 0.3) is 0 Å². The molecule has 0 rings (SSSR count). The van der Waals surface area contributed by atoms with Crippen molar-refractivity contribution < 1.29 is 10.0 Å². The smallest absolute Gasteiger partial charge is 0.239 e. The lowest BCUT2D eigenvalue weighted by molar-refractivity contribution is -0.127. The molecule has 0 aliphatic carbocycles. The normalized spacial score (nSPS) is 11.4. The summed E-state index contributed by atoms with van der Waals surface area (Å²) >= 11 is 0. The standard InChI is InChI=1S/C4H10N2O2/c1-4(2,6-8)3(5)7/h6,8H,1-2H3,(H2,5,7). The van der Waals surface area contributed by atoms with Crippen molar-refractivity contribution in [1.29, 1.82) is 0 Å². The second-order valence-electron chi connectivity index (χ2n) is 2.10. The molecule has 0 aromatic heterocycles. The summed E-state index contributed by atoms with van der Waals surface area (Å²) in [6, 6.07) is 0. The molecule has 0 radical (unpaired) electrons. The fraction of sp³-hybridized carbons (Fsp3) is 0.750. The van der Waals surface area contributed by atoms with Crippen LogP contribution in [0, 0.1) is 0 Å². The van der Waals surface area contributed by atoms with E-state index < -0.39 is 11.4 Å². The van der Waals surface area contributed by atoms with Crippen LogP contribution in [0.1, 0.15) is 13.8 Å². The predicted octanol–water partition coefficient (Wildman–Crippen LogP) is -0.771. The van der Waals surface area contributed by atoms with Gasteiger partial charge in [-0.25, -0.2) is 0 Å². The first-order valence-corrected chi connectivity index (χ1v) is 2.22. The highest BCUT2D eigenvalue weighted by molar-refractivity contribution is 5.83. The number of amides is 1. The van der Waals surface area contributed by atoms with Gasteiger partial charge >= 0.3 is 0 Å². The molecule has 0 saturated heterocycles. The minimum atomic E-state index is -1.01. The lowest BCUT2D eigenvalue weighted by Gasteiger charge is -2.16. The van der Waals surface area contributed by atoms with Gasteiger partial charge in [-0.3, -0.25) is 4.79 Å². The average Bonchev–Trinajstić information content (AvgIpc) is 1.67. The highest BCUT2D eigenvalue weighted by atomic mass is 16.5. The summed E-state index contributed by atoms with van der Waals surface area (Å²) in [5.74, 6) is -0.583. The number of carbonyl (C=O) groups is 1. The number of primary amides is 1. The molecule has 4 N–H and O–H groups in total. The van der Waals surface area contributed by atoms with E-state index in [0.717, 1.165) is 0 Å². The average molecular weight is 118 g/mol. The maximum absolute atomic E-state index is 10.3. The molecule has 1 amide bonds. The van der Waals surface area contributed by atoms with Gasteiger partial charge in [-0.05, 0) is 13.8 Å². The Morgan fingerprint density at radius 1 is 1.75 bits per heavy atom. The monoisotopic (exact) mass is 118 g/mol. The van der Waals surface area contributed by atoms with Gasteiger partial charge in [-0.2, -0.15) is 5.48 Å². The number of nitrogens with one attached hydrogen (secondary N) is 1. The fourth-order valence-corrected chi connectivity index (χ4v) is 0.0551. The Morgan fingerprint density at radius 2 is 2.12 bits per heavy atom. The molecule has 0 saturated carbocycles. The first-order valence-electron chi connectivity index (χ1n) is 2.22. The van der Waals surface area contributed by atoms with Crippen LogP contribution in [-0.2, 0) is 4.79 Å². The molecule has 4 heteroatoms. The number of hydroxylamine groups is 1. The molecule has 0 unspecified atom stereocenters. The zero-order valence-corrected chi connectivity index (χ0v) is 4.93. The SMILES string of the molecule is CC(C)(NO)C(N)=O. The summed E-state index contributed by atoms with van der Waals surface area (Å²) in [5, 5.41) is 8.21. The largest absolute Gasteiger partial charge is 0.368 e. The second-order valence-corrected chi connectivity index (χ2v) is 2.10. The van der Waals surface area contributed by atoms with Gasteiger partial charge in [-0.1, -0.05) is 0 Å². The van der Waals surface area contributed by atoms with Gasteiger partial charge in [0, 0.05) is 0 Å². The second kappa shape index (κ2) is 2.11. The first-order chi connectivity index (χ1) is 3.50. The molecule has 0 aliphatic rings. The Hall–Kier alpha value is -0.610. The van der Waals surface area contributed by atoms with E-state index in [-0.39, 0.29) is 0 Å². The molecule has 0 aliphatic heterocycles. The van der Waals surface area contributed by atoms with Gasteiger partial charge in [0.15, 0.2) is 0 Å². The van der Waals surface area contributed by atoms with Gasteiger partial charge in [-0.15, -0.1) is 0 Å². The molecular formula is C4H10N2O2. The van der Waals surface area contributed by atoms with E-state index in [2.05, 4.69) is 0 Å². The van der Waals surface area contributed by atoms with Crippen molar-refractivity contribution in [3.63, 3.8) is 0 Å². The highest BCUT2D eigenvalue weighted by Crippen LogP contribution is 1.96. The van der Waals surface area contributed by atoms with Crippen LogP contribution in [0.2, 0.25) is 0 Å². The van der Waals surface area contributed by atoms with E-state index in [0.29, 0.717) is 0 Å². The fourth-order valence-electron chi connectivity index (χ4n) is 0.0551. The third-order valence-electron chi connectivity index (χ3n) is 0.896. The molecule has 4 nitrogen and oxygen atoms in total. The van der Waals surface area contributed by atoms with Crippen LogP contribution in [-0.4, -0.2) is 16.7 Å². The van der Waals surface area contributed by atoms with E-state index in [1.54, 1.807) is 5.48 Å². The molecule has 0 aromatic carbocycles. The Balaban J connectivity index is 3.91. The van der Waals surface area contributed by atoms with Crippen LogP contribution >= 0.6 is 0 Å². The zero-order chi connectivity index (χ0) is 6.78. The van der Waals surface area contributed by atoms with Gasteiger partial charge in [0.1, 0.15) is 5.54 Å². The van der Waals surface area contributed by atoms with Crippen molar-refractivity contribution in [2.45, 2.75) is 19.4 Å². The van der Waals surface area contributed by atoms with Crippen LogP contribution in [0.25, 0.3) is 0 Å². The van der Waals surface area contributed by atoms with Crippen molar-refractivity contribution in [1.82, 2.24) is 5.48 Å². The van der Waals surface area contributed by atoms with Crippen molar-refractivity contribution in [3.05, 3.63) is 0 Å². The number of rotatable bonds is 2. The lowest BCUT2D eigenvalue weighted by atomic mass is 10.1. The third-order valence-corrected chi connectivity index (χ3v) is 0.896. The van der Waals surface area contributed by atoms with Crippen LogP contribution < -0.4 is 11.2 Å². The molecule has 0 bridgehead atoms. The summed E-state index contributed by atoms with van der Waals surface area (Å²) in [6.45, 7) is 2.96. The Labute approximate surface area is 47.6 Å². The van der Waals surface area contributed by atoms with Crippen LogP contribution in [0.15, 0.2) is 0 Å². The lowest BCUT2D eigenvalue weighted by Crippen LogP contribution is -2.48. The summed E-state index contributed by atoms with van der Waals surface area (Å²) < 4.78 is 0. The Bertz CT molecular complexity index is 100. The molecule has 0 fully saturated rings. The maximum Gasteiger partial charge on any atom is 0.239 e. The van der Waals surface area contributed by atoms with Crippen LogP contribution in [0.3, 0.4) is 0 Å². The number of hydrogen-bond acceptors (Lipinski definition) is 3. The Kier molecular flexibility index (Phi) is 1.94. The molecular weight excluding hydrogens is 108 g/mol. The zero-order valence-electron chi connectivity index (χ0n) is 4.93. The molecule has 0 aromatic rings. The van der Waals surface area contributed by atoms with E-state index in [9.17, 15) is 4.79 Å². The topological polar surface area (TPSA) is 75.3 Å². The summed E-state index contributed by atoms with van der Waals surface area (Å²) in [7, 11) is 0. The van der Waals surface area contributed by atoms with E-state index in [1.165, 1.54) is 13.8 Å². The molecule has 0 heterocycles. The van der Waals surface area contributed by atoms with Crippen LogP contribution in [0.4, 0.5) is 0 Å². The predicted molar refractivity (Wildman–Crippen MR) is 28.2 cm³/mol. The summed E-state index contributed by atoms with van der Waals surface area (Å²) in [6.07, 6.45) is 0. The van der Waals surface area contributed by atoms with E-state index in [4.69, 9.17) is 10.9 Å². The Morgan fingerprint density at radius 3 is 2.12 bits per heavy atom. The third kappa shape index (κ3) is 1.48. The summed E-state index contributed by atoms with van der Waals surface area (Å²) in [4.78, 5) is 10.3. The van der Waals surface area contributed by atoms with Crippen molar-refractivity contribution >= 4 is 5.91 Å². The number of hydrogen-bond donors (Lipinski definition) is 3. The minimum Gasteiger partial charge on any atom is -0.368 e. The molecule has 8 heavy (non-hydrogen) atoms. The summed E-state index contributed by atoms with van der Waals surface area (Å²) in [5.41, 5.74) is 5.57. The van der Waals surface area contributed by atoms with Crippen molar-refractivity contribution in [2.75, 3.05) is 0 Å². The quantitative estimate of drug-likeness (QED) is 0.417. The van der Waals surface area contributed by atoms with E-state index in [1.807, 2.05) is 0 Å². The van der Waals surface area contributed by atoms with Crippen molar-refractivity contribution in [2.24, 2.45) is 5.73 Å². The molecule has 48 valence electrons. The molecule has 0 atom stereocenters. The molecule has 0 spiro atoms. The number of nitrogens with two attached hydrogens (primary N) is 1. The minimum absolute atomic E-state index is 0.583.